The van der Waals surface area contributed by atoms with Crippen molar-refractivity contribution in [3.8, 4) is 0 Å². The van der Waals surface area contributed by atoms with Gasteiger partial charge < -0.3 is 7.97 Å². The number of amides is 1. The van der Waals surface area contributed by atoms with Gasteiger partial charge in [0, 0.05) is 13.1 Å². The summed E-state index contributed by atoms with van der Waals surface area (Å²) >= 11 is 1.79. The van der Waals surface area contributed by atoms with E-state index in [9.17, 15) is 13.6 Å². The van der Waals surface area contributed by atoms with E-state index in [1.807, 2.05) is 0 Å². The zero-order valence-electron chi connectivity index (χ0n) is 6.88. The van der Waals surface area contributed by atoms with E-state index in [0.29, 0.717) is 25.9 Å². The lowest BCUT2D eigenvalue weighted by Gasteiger charge is -2.30. The van der Waals surface area contributed by atoms with Gasteiger partial charge in [-0.05, 0) is 12.8 Å². The summed E-state index contributed by atoms with van der Waals surface area (Å²) < 4.78 is 29.0. The summed E-state index contributed by atoms with van der Waals surface area (Å²) in [6, 6.07) is 0. The van der Waals surface area contributed by atoms with Gasteiger partial charge in [0.25, 0.3) is 5.91 Å². The van der Waals surface area contributed by atoms with Gasteiger partial charge in [0.05, 0.1) is 6.10 Å². The van der Waals surface area contributed by atoms with Gasteiger partial charge in [0.15, 0.2) is 0 Å². The molecule has 0 saturated carbocycles. The lowest BCUT2D eigenvalue weighted by Crippen LogP contribution is -2.42. The molecule has 0 spiro atoms. The van der Waals surface area contributed by atoms with Crippen molar-refractivity contribution in [3.05, 3.63) is 0 Å². The van der Waals surface area contributed by atoms with Gasteiger partial charge in [-0.2, -0.15) is 8.78 Å². The van der Waals surface area contributed by atoms with Crippen molar-refractivity contribution < 1.29 is 16.6 Å². The molecule has 0 aromatic carbocycles. The Morgan fingerprint density at radius 1 is 1.46 bits per heavy atom. The number of rotatable bonds is 2. The topological polar surface area (TPSA) is 29.5 Å². The maximum Gasteiger partial charge on any atom is 0.315 e. The van der Waals surface area contributed by atoms with Crippen LogP contribution in [-0.2, 0) is 7.86 Å². The highest BCUT2D eigenvalue weighted by atomic mass is 127. The molecule has 76 valence electrons. The van der Waals surface area contributed by atoms with Crippen molar-refractivity contribution >= 4 is 28.9 Å². The van der Waals surface area contributed by atoms with Gasteiger partial charge in [-0.1, -0.05) is 0 Å². The monoisotopic (exact) mass is 305 g/mol. The first-order chi connectivity index (χ1) is 6.15. The predicted molar refractivity (Wildman–Crippen MR) is 50.7 cm³/mol. The van der Waals surface area contributed by atoms with Gasteiger partial charge in [-0.15, -0.1) is 0 Å². The molecule has 1 rings (SSSR count). The number of hydrogen-bond donors (Lipinski definition) is 0. The highest BCUT2D eigenvalue weighted by Crippen LogP contribution is 2.17. The lowest BCUT2D eigenvalue weighted by atomic mass is 10.1. The number of nitrogens with zero attached hydrogens (tertiary/aromatic N) is 1. The third-order valence-corrected chi connectivity index (χ3v) is 2.79. The molecular formula is C7H10F2INO2. The molecule has 6 heteroatoms. The van der Waals surface area contributed by atoms with Gasteiger partial charge in [0.2, 0.25) is 0 Å². The molecule has 13 heavy (non-hydrogen) atoms. The van der Waals surface area contributed by atoms with Crippen molar-refractivity contribution in [2.45, 2.75) is 25.4 Å². The van der Waals surface area contributed by atoms with Crippen molar-refractivity contribution in [1.29, 1.82) is 0 Å². The zero-order valence-corrected chi connectivity index (χ0v) is 9.04. The highest BCUT2D eigenvalue weighted by Gasteiger charge is 2.27. The minimum absolute atomic E-state index is 0.0994. The largest absolute Gasteiger partial charge is 0.338 e. The van der Waals surface area contributed by atoms with Crippen LogP contribution in [0.3, 0.4) is 0 Å². The number of hydrogen-bond acceptors (Lipinski definition) is 2. The summed E-state index contributed by atoms with van der Waals surface area (Å²) in [5.41, 5.74) is 0. The van der Waals surface area contributed by atoms with E-state index < -0.39 is 12.3 Å². The Kier molecular flexibility index (Phi) is 4.30. The van der Waals surface area contributed by atoms with Crippen molar-refractivity contribution in [2.75, 3.05) is 13.1 Å². The summed E-state index contributed by atoms with van der Waals surface area (Å²) in [5, 5.41) is 0. The average molecular weight is 305 g/mol. The normalized spacial score (nSPS) is 19.5. The summed E-state index contributed by atoms with van der Waals surface area (Å²) in [7, 11) is 0. The van der Waals surface area contributed by atoms with E-state index in [-0.39, 0.29) is 6.10 Å². The smallest absolute Gasteiger partial charge is 0.315 e. The fourth-order valence-corrected chi connectivity index (χ4v) is 1.81. The SMILES string of the molecule is O=C(C(F)F)N1CCC(OI)CC1. The van der Waals surface area contributed by atoms with Crippen LogP contribution in [0, 0.1) is 0 Å². The van der Waals surface area contributed by atoms with E-state index in [1.165, 1.54) is 4.90 Å². The van der Waals surface area contributed by atoms with E-state index in [2.05, 4.69) is 0 Å². The van der Waals surface area contributed by atoms with Crippen LogP contribution in [0.5, 0.6) is 0 Å². The second-order valence-electron chi connectivity index (χ2n) is 2.91. The maximum atomic E-state index is 12.0. The Balaban J connectivity index is 2.36. The van der Waals surface area contributed by atoms with Crippen LogP contribution >= 0.6 is 23.0 Å². The third-order valence-electron chi connectivity index (χ3n) is 2.07. The lowest BCUT2D eigenvalue weighted by molar-refractivity contribution is -0.144. The Morgan fingerprint density at radius 3 is 2.38 bits per heavy atom. The minimum atomic E-state index is -2.88. The number of piperidine rings is 1. The van der Waals surface area contributed by atoms with Crippen molar-refractivity contribution in [1.82, 2.24) is 4.90 Å². The van der Waals surface area contributed by atoms with Gasteiger partial charge in [-0.3, -0.25) is 4.79 Å². The Morgan fingerprint density at radius 2 is 2.00 bits per heavy atom. The number of alkyl halides is 2. The predicted octanol–water partition coefficient (Wildman–Crippen LogP) is 1.61. The molecule has 0 atom stereocenters. The molecule has 1 aliphatic rings. The first kappa shape index (κ1) is 11.1. The van der Waals surface area contributed by atoms with Crippen LogP contribution in [-0.4, -0.2) is 36.4 Å². The molecule has 0 N–H and O–H groups in total. The number of carbonyl (C=O) groups is 1. The molecule has 1 fully saturated rings. The molecule has 0 aromatic rings. The molecule has 1 saturated heterocycles. The molecule has 0 aromatic heterocycles. The second-order valence-corrected chi connectivity index (χ2v) is 3.42. The molecule has 0 radical (unpaired) electrons. The molecule has 1 aliphatic heterocycles. The number of halogens is 3. The third kappa shape index (κ3) is 3.01. The van der Waals surface area contributed by atoms with E-state index in [4.69, 9.17) is 3.07 Å². The molecule has 0 aliphatic carbocycles. The van der Waals surface area contributed by atoms with E-state index >= 15 is 0 Å². The summed E-state index contributed by atoms with van der Waals surface area (Å²) in [6.45, 7) is 0.744. The maximum absolute atomic E-state index is 12.0. The molecule has 0 bridgehead atoms. The van der Waals surface area contributed by atoms with Crippen LogP contribution in [0.25, 0.3) is 0 Å². The van der Waals surface area contributed by atoms with Crippen LogP contribution < -0.4 is 0 Å². The van der Waals surface area contributed by atoms with E-state index in [1.54, 1.807) is 23.0 Å². The molecule has 1 heterocycles. The molecule has 1 amide bonds. The first-order valence-corrected chi connectivity index (χ1v) is 4.87. The number of carbonyl (C=O) groups excluding carboxylic acids is 1. The fraction of sp³-hybridized carbons (Fsp3) is 0.857. The van der Waals surface area contributed by atoms with Crippen molar-refractivity contribution in [2.24, 2.45) is 0 Å². The minimum Gasteiger partial charge on any atom is -0.338 e. The van der Waals surface area contributed by atoms with Crippen LogP contribution in [0.15, 0.2) is 0 Å². The van der Waals surface area contributed by atoms with E-state index in [0.717, 1.165) is 0 Å². The average Bonchev–Trinajstić information content (AvgIpc) is 2.17. The zero-order chi connectivity index (χ0) is 9.84. The second kappa shape index (κ2) is 5.04. The Hall–Kier alpha value is 0.0200. The van der Waals surface area contributed by atoms with Gasteiger partial charge in [0.1, 0.15) is 23.0 Å². The van der Waals surface area contributed by atoms with Crippen LogP contribution in [0.1, 0.15) is 12.8 Å². The Bertz CT molecular complexity index is 183. The van der Waals surface area contributed by atoms with Crippen molar-refractivity contribution in [3.63, 3.8) is 0 Å². The summed E-state index contributed by atoms with van der Waals surface area (Å²) in [4.78, 5) is 12.0. The fourth-order valence-electron chi connectivity index (χ4n) is 1.30. The first-order valence-electron chi connectivity index (χ1n) is 3.99. The molecule has 3 nitrogen and oxygen atoms in total. The van der Waals surface area contributed by atoms with Gasteiger partial charge >= 0.3 is 6.43 Å². The quantitative estimate of drug-likeness (QED) is 0.726. The standard InChI is InChI=1S/C7H10F2INO2/c8-6(9)7(12)11-3-1-5(13-10)2-4-11/h5-6H,1-4H2. The molecule has 0 unspecified atom stereocenters. The van der Waals surface area contributed by atoms with Crippen LogP contribution in [0.2, 0.25) is 0 Å². The summed E-state index contributed by atoms with van der Waals surface area (Å²) in [6.07, 6.45) is -1.50. The number of likely N-dealkylation sites (tertiary alicyclic amines) is 1. The van der Waals surface area contributed by atoms with Crippen LogP contribution in [0.4, 0.5) is 8.78 Å². The molecular weight excluding hydrogens is 295 g/mol. The van der Waals surface area contributed by atoms with Gasteiger partial charge in [-0.25, -0.2) is 0 Å². The highest BCUT2D eigenvalue weighted by molar-refractivity contribution is 14.1. The summed E-state index contributed by atoms with van der Waals surface area (Å²) in [5.74, 6) is -1.06. The Labute approximate surface area is 89.1 Å².